The van der Waals surface area contributed by atoms with Crippen molar-refractivity contribution in [3.8, 4) is 0 Å². The fourth-order valence-electron chi connectivity index (χ4n) is 2.50. The Morgan fingerprint density at radius 2 is 1.78 bits per heavy atom. The number of amides is 3. The van der Waals surface area contributed by atoms with Crippen LogP contribution in [0.3, 0.4) is 0 Å². The SMILES string of the molecule is CC(C)N(CC(F)(F)F)C(=O)CN1C(=O)C[C@@](C)(C(C)C)C1=O. The fraction of sp³-hybridized carbons (Fsp3) is 0.800. The second kappa shape index (κ2) is 6.49. The van der Waals surface area contributed by atoms with Crippen LogP contribution in [0.2, 0.25) is 0 Å². The van der Waals surface area contributed by atoms with Crippen LogP contribution in [0.1, 0.15) is 41.0 Å². The Kier molecular flexibility index (Phi) is 5.49. The molecule has 1 aliphatic rings. The van der Waals surface area contributed by atoms with Gasteiger partial charge >= 0.3 is 6.18 Å². The zero-order valence-corrected chi connectivity index (χ0v) is 14.0. The van der Waals surface area contributed by atoms with Gasteiger partial charge in [-0.05, 0) is 26.7 Å². The molecule has 0 saturated carbocycles. The van der Waals surface area contributed by atoms with Crippen LogP contribution in [0.5, 0.6) is 0 Å². The molecule has 0 N–H and O–H groups in total. The average molecular weight is 336 g/mol. The minimum Gasteiger partial charge on any atom is -0.330 e. The normalized spacial score (nSPS) is 22.4. The molecule has 0 unspecified atom stereocenters. The topological polar surface area (TPSA) is 57.7 Å². The van der Waals surface area contributed by atoms with E-state index in [9.17, 15) is 27.6 Å². The maximum absolute atomic E-state index is 12.6. The van der Waals surface area contributed by atoms with Crippen LogP contribution < -0.4 is 0 Å². The number of carbonyl (C=O) groups excluding carboxylic acids is 3. The number of halogens is 3. The van der Waals surface area contributed by atoms with E-state index < -0.39 is 48.4 Å². The minimum atomic E-state index is -4.54. The van der Waals surface area contributed by atoms with E-state index in [0.29, 0.717) is 4.90 Å². The average Bonchev–Trinajstić information content (AvgIpc) is 2.59. The second-order valence-electron chi connectivity index (χ2n) is 6.76. The van der Waals surface area contributed by atoms with Gasteiger partial charge in [-0.25, -0.2) is 0 Å². The van der Waals surface area contributed by atoms with Crippen LogP contribution in [0.4, 0.5) is 13.2 Å². The summed E-state index contributed by atoms with van der Waals surface area (Å²) < 4.78 is 37.7. The zero-order chi connectivity index (χ0) is 18.2. The number of likely N-dealkylation sites (tertiary alicyclic amines) is 1. The molecule has 0 aromatic carbocycles. The third-order valence-electron chi connectivity index (χ3n) is 4.41. The molecule has 0 aromatic heterocycles. The molecule has 5 nitrogen and oxygen atoms in total. The van der Waals surface area contributed by atoms with Gasteiger partial charge < -0.3 is 4.90 Å². The van der Waals surface area contributed by atoms with Gasteiger partial charge in [-0.2, -0.15) is 13.2 Å². The predicted molar refractivity (Wildman–Crippen MR) is 77.2 cm³/mol. The third-order valence-corrected chi connectivity index (χ3v) is 4.41. The highest BCUT2D eigenvalue weighted by Crippen LogP contribution is 2.39. The van der Waals surface area contributed by atoms with Crippen LogP contribution in [0.15, 0.2) is 0 Å². The van der Waals surface area contributed by atoms with E-state index in [2.05, 4.69) is 0 Å². The summed E-state index contributed by atoms with van der Waals surface area (Å²) in [5, 5.41) is 0. The van der Waals surface area contributed by atoms with Gasteiger partial charge in [0, 0.05) is 12.5 Å². The van der Waals surface area contributed by atoms with Crippen molar-refractivity contribution in [3.63, 3.8) is 0 Å². The molecule has 1 rings (SSSR count). The third kappa shape index (κ3) is 4.23. The monoisotopic (exact) mass is 336 g/mol. The molecule has 0 bridgehead atoms. The number of hydrogen-bond donors (Lipinski definition) is 0. The molecule has 1 fully saturated rings. The molecule has 1 heterocycles. The van der Waals surface area contributed by atoms with Crippen LogP contribution >= 0.6 is 0 Å². The second-order valence-corrected chi connectivity index (χ2v) is 6.76. The Morgan fingerprint density at radius 3 is 2.13 bits per heavy atom. The van der Waals surface area contributed by atoms with Crippen molar-refractivity contribution in [3.05, 3.63) is 0 Å². The Morgan fingerprint density at radius 1 is 1.26 bits per heavy atom. The summed E-state index contributed by atoms with van der Waals surface area (Å²) in [6.07, 6.45) is -4.57. The van der Waals surface area contributed by atoms with Crippen molar-refractivity contribution in [2.75, 3.05) is 13.1 Å². The largest absolute Gasteiger partial charge is 0.406 e. The Labute approximate surface area is 133 Å². The highest BCUT2D eigenvalue weighted by molar-refractivity contribution is 6.07. The smallest absolute Gasteiger partial charge is 0.330 e. The van der Waals surface area contributed by atoms with Crippen LogP contribution in [0, 0.1) is 11.3 Å². The summed E-state index contributed by atoms with van der Waals surface area (Å²) in [5.74, 6) is -2.01. The molecule has 0 spiro atoms. The number of hydrogen-bond acceptors (Lipinski definition) is 3. The molecule has 0 aliphatic carbocycles. The summed E-state index contributed by atoms with van der Waals surface area (Å²) >= 11 is 0. The maximum atomic E-state index is 12.6. The summed E-state index contributed by atoms with van der Waals surface area (Å²) in [7, 11) is 0. The fourth-order valence-corrected chi connectivity index (χ4v) is 2.50. The van der Waals surface area contributed by atoms with Crippen molar-refractivity contribution in [1.29, 1.82) is 0 Å². The lowest BCUT2D eigenvalue weighted by Crippen LogP contribution is -2.49. The predicted octanol–water partition coefficient (Wildman–Crippen LogP) is 2.21. The summed E-state index contributed by atoms with van der Waals surface area (Å²) in [4.78, 5) is 38.0. The van der Waals surface area contributed by atoms with E-state index in [4.69, 9.17) is 0 Å². The van der Waals surface area contributed by atoms with Gasteiger partial charge in [-0.3, -0.25) is 19.3 Å². The molecule has 1 aliphatic heterocycles. The Balaban J connectivity index is 2.91. The van der Waals surface area contributed by atoms with Crippen molar-refractivity contribution in [2.45, 2.75) is 53.3 Å². The van der Waals surface area contributed by atoms with Crippen LogP contribution in [-0.2, 0) is 14.4 Å². The lowest BCUT2D eigenvalue weighted by molar-refractivity contribution is -0.166. The molecular weight excluding hydrogens is 313 g/mol. The molecule has 0 radical (unpaired) electrons. The summed E-state index contributed by atoms with van der Waals surface area (Å²) in [6, 6.07) is -0.687. The molecule has 132 valence electrons. The van der Waals surface area contributed by atoms with E-state index in [1.165, 1.54) is 13.8 Å². The zero-order valence-electron chi connectivity index (χ0n) is 14.0. The van der Waals surface area contributed by atoms with Crippen LogP contribution in [-0.4, -0.2) is 52.8 Å². The summed E-state index contributed by atoms with van der Waals surface area (Å²) in [5.41, 5.74) is -0.913. The van der Waals surface area contributed by atoms with Gasteiger partial charge in [-0.15, -0.1) is 0 Å². The molecule has 3 amide bonds. The summed E-state index contributed by atoms with van der Waals surface area (Å²) in [6.45, 7) is 6.08. The lowest BCUT2D eigenvalue weighted by Gasteiger charge is -2.30. The Hall–Kier alpha value is -1.60. The van der Waals surface area contributed by atoms with Gasteiger partial charge in [0.05, 0.1) is 5.41 Å². The van der Waals surface area contributed by atoms with E-state index >= 15 is 0 Å². The molecule has 8 heteroatoms. The standard InChI is InChI=1S/C15H23F3N2O3/c1-9(2)14(5)6-11(21)19(13(14)23)7-12(22)20(10(3)4)8-15(16,17)18/h9-10H,6-8H2,1-5H3/t14-/m0/s1. The molecule has 1 atom stereocenters. The van der Waals surface area contributed by atoms with Crippen molar-refractivity contribution in [2.24, 2.45) is 11.3 Å². The van der Waals surface area contributed by atoms with E-state index in [1.807, 2.05) is 0 Å². The van der Waals surface area contributed by atoms with Gasteiger partial charge in [0.15, 0.2) is 0 Å². The lowest BCUT2D eigenvalue weighted by atomic mass is 9.78. The van der Waals surface area contributed by atoms with Gasteiger partial charge in [-0.1, -0.05) is 13.8 Å². The molecule has 23 heavy (non-hydrogen) atoms. The first-order valence-electron chi connectivity index (χ1n) is 7.50. The first-order valence-corrected chi connectivity index (χ1v) is 7.50. The Bertz CT molecular complexity index is 503. The molecular formula is C15H23F3N2O3. The van der Waals surface area contributed by atoms with E-state index in [-0.39, 0.29) is 12.3 Å². The van der Waals surface area contributed by atoms with Gasteiger partial charge in [0.1, 0.15) is 13.1 Å². The highest BCUT2D eigenvalue weighted by Gasteiger charge is 2.50. The highest BCUT2D eigenvalue weighted by atomic mass is 19.4. The molecule has 1 saturated heterocycles. The molecule has 0 aromatic rings. The van der Waals surface area contributed by atoms with E-state index in [0.717, 1.165) is 4.90 Å². The van der Waals surface area contributed by atoms with Crippen molar-refractivity contribution < 1.29 is 27.6 Å². The number of alkyl halides is 3. The first kappa shape index (κ1) is 19.4. The van der Waals surface area contributed by atoms with Gasteiger partial charge in [0.2, 0.25) is 17.7 Å². The number of imide groups is 1. The number of carbonyl (C=O) groups is 3. The van der Waals surface area contributed by atoms with Crippen molar-refractivity contribution >= 4 is 17.7 Å². The minimum absolute atomic E-state index is 0.0300. The maximum Gasteiger partial charge on any atom is 0.406 e. The van der Waals surface area contributed by atoms with Crippen molar-refractivity contribution in [1.82, 2.24) is 9.80 Å². The van der Waals surface area contributed by atoms with E-state index in [1.54, 1.807) is 20.8 Å². The first-order chi connectivity index (χ1) is 10.3. The number of rotatable bonds is 5. The number of nitrogens with zero attached hydrogens (tertiary/aromatic N) is 2. The quantitative estimate of drug-likeness (QED) is 0.723. The van der Waals surface area contributed by atoms with Crippen LogP contribution in [0.25, 0.3) is 0 Å². The van der Waals surface area contributed by atoms with Gasteiger partial charge in [0.25, 0.3) is 0 Å².